The first-order valence-electron chi connectivity index (χ1n) is 5.16. The topological polar surface area (TPSA) is 131 Å². The van der Waals surface area contributed by atoms with E-state index in [2.05, 4.69) is 0 Å². The van der Waals surface area contributed by atoms with Crippen molar-refractivity contribution in [1.29, 1.82) is 0 Å². The highest BCUT2D eigenvalue weighted by atomic mass is 19.1. The Morgan fingerprint density at radius 2 is 2.22 bits per heavy atom. The van der Waals surface area contributed by atoms with Crippen LogP contribution in [0.1, 0.15) is 6.23 Å². The molecule has 18 heavy (non-hydrogen) atoms. The molecule has 100 valence electrons. The van der Waals surface area contributed by atoms with Gasteiger partial charge in [-0.25, -0.2) is 4.79 Å². The van der Waals surface area contributed by atoms with Crippen LogP contribution in [0.25, 0.3) is 0 Å². The molecule has 0 aliphatic carbocycles. The molecular formula is C9H12FN3O5. The third-order valence-corrected chi connectivity index (χ3v) is 2.80. The highest BCUT2D eigenvalue weighted by molar-refractivity contribution is 4.96. The maximum atomic E-state index is 13.1. The fourth-order valence-corrected chi connectivity index (χ4v) is 1.82. The van der Waals surface area contributed by atoms with Crippen molar-refractivity contribution in [3.63, 3.8) is 0 Å². The number of hydrogen-bond acceptors (Lipinski definition) is 6. The summed E-state index contributed by atoms with van der Waals surface area (Å²) in [7, 11) is 0. The van der Waals surface area contributed by atoms with E-state index in [-0.39, 0.29) is 0 Å². The summed E-state index contributed by atoms with van der Waals surface area (Å²) in [6.45, 7) is -0.494. The zero-order valence-electron chi connectivity index (χ0n) is 9.12. The number of aromatic amines is 1. The van der Waals surface area contributed by atoms with Crippen molar-refractivity contribution in [2.75, 3.05) is 6.61 Å². The third-order valence-electron chi connectivity index (χ3n) is 2.80. The Labute approximate surface area is 99.4 Å². The average Bonchev–Trinajstić information content (AvgIpc) is 2.61. The lowest BCUT2D eigenvalue weighted by Crippen LogP contribution is -2.43. The lowest BCUT2D eigenvalue weighted by Gasteiger charge is -2.17. The van der Waals surface area contributed by atoms with Crippen LogP contribution in [-0.2, 0) is 4.74 Å². The van der Waals surface area contributed by atoms with E-state index in [1.54, 1.807) is 4.98 Å². The molecule has 0 radical (unpaired) electrons. The molecule has 1 saturated heterocycles. The van der Waals surface area contributed by atoms with E-state index in [9.17, 15) is 19.1 Å². The van der Waals surface area contributed by atoms with Crippen LogP contribution in [-0.4, -0.2) is 44.6 Å². The number of nitrogens with one attached hydrogen (secondary N) is 1. The summed E-state index contributed by atoms with van der Waals surface area (Å²) < 4.78 is 19.0. The lowest BCUT2D eigenvalue weighted by atomic mass is 10.1. The first kappa shape index (κ1) is 12.9. The molecule has 9 heteroatoms. The van der Waals surface area contributed by atoms with Crippen LogP contribution in [0.5, 0.6) is 0 Å². The highest BCUT2D eigenvalue weighted by Crippen LogP contribution is 2.26. The minimum absolute atomic E-state index is 0.494. The molecule has 1 aliphatic rings. The van der Waals surface area contributed by atoms with Crippen molar-refractivity contribution >= 4 is 0 Å². The van der Waals surface area contributed by atoms with Gasteiger partial charge in [0, 0.05) is 0 Å². The Morgan fingerprint density at radius 3 is 2.78 bits per heavy atom. The van der Waals surface area contributed by atoms with Crippen LogP contribution in [0.2, 0.25) is 0 Å². The predicted molar refractivity (Wildman–Crippen MR) is 56.3 cm³/mol. The number of aromatic nitrogens is 2. The van der Waals surface area contributed by atoms with Gasteiger partial charge in [0.2, 0.25) is 5.82 Å². The van der Waals surface area contributed by atoms with E-state index < -0.39 is 48.2 Å². The fraction of sp³-hybridized carbons (Fsp3) is 0.556. The van der Waals surface area contributed by atoms with Gasteiger partial charge in [-0.05, 0) is 0 Å². The lowest BCUT2D eigenvalue weighted by molar-refractivity contribution is -0.0468. The summed E-state index contributed by atoms with van der Waals surface area (Å²) in [4.78, 5) is 24.1. The standard InChI is InChI=1S/C9H12FN3O5/c10-3-1-13(9(17)12-7(3)16)8-5(11)6(15)4(2-14)18-8/h1,4-6,8,14-15H,2,11H2,(H,12,16,17)/t4-,5-,6-,8-/m1/s1. The van der Waals surface area contributed by atoms with Crippen molar-refractivity contribution in [3.05, 3.63) is 32.9 Å². The van der Waals surface area contributed by atoms with Gasteiger partial charge in [-0.1, -0.05) is 0 Å². The predicted octanol–water partition coefficient (Wildman–Crippen LogP) is -2.75. The Hall–Kier alpha value is -1.55. The van der Waals surface area contributed by atoms with Crippen LogP contribution in [0.3, 0.4) is 0 Å². The molecule has 1 aliphatic heterocycles. The molecule has 0 spiro atoms. The van der Waals surface area contributed by atoms with Gasteiger partial charge in [0.15, 0.2) is 6.23 Å². The Morgan fingerprint density at radius 1 is 1.56 bits per heavy atom. The van der Waals surface area contributed by atoms with E-state index in [1.165, 1.54) is 0 Å². The number of rotatable bonds is 2. The van der Waals surface area contributed by atoms with Crippen molar-refractivity contribution in [2.45, 2.75) is 24.5 Å². The molecule has 1 aromatic rings. The van der Waals surface area contributed by atoms with Crippen LogP contribution >= 0.6 is 0 Å². The fourth-order valence-electron chi connectivity index (χ4n) is 1.82. The molecule has 2 rings (SSSR count). The molecular weight excluding hydrogens is 249 g/mol. The normalized spacial score (nSPS) is 31.8. The van der Waals surface area contributed by atoms with Crippen LogP contribution in [0, 0.1) is 5.82 Å². The van der Waals surface area contributed by atoms with E-state index in [1.807, 2.05) is 0 Å². The number of H-pyrrole nitrogens is 1. The van der Waals surface area contributed by atoms with Gasteiger partial charge in [-0.3, -0.25) is 14.3 Å². The first-order valence-corrected chi connectivity index (χ1v) is 5.16. The Balaban J connectivity index is 2.42. The van der Waals surface area contributed by atoms with Crippen molar-refractivity contribution in [2.24, 2.45) is 5.73 Å². The molecule has 1 aromatic heterocycles. The SMILES string of the molecule is N[C@@H]1[C@H](O)[C@@H](CO)O[C@H]1n1cc(F)c(=O)[nH]c1=O. The van der Waals surface area contributed by atoms with Crippen LogP contribution < -0.4 is 17.0 Å². The van der Waals surface area contributed by atoms with Crippen LogP contribution in [0.4, 0.5) is 4.39 Å². The second-order valence-electron chi connectivity index (χ2n) is 3.96. The van der Waals surface area contributed by atoms with Gasteiger partial charge in [0.1, 0.15) is 12.2 Å². The number of halogens is 1. The molecule has 0 aromatic carbocycles. The van der Waals surface area contributed by atoms with E-state index in [4.69, 9.17) is 15.6 Å². The third kappa shape index (κ3) is 1.97. The Kier molecular flexibility index (Phi) is 3.30. The summed E-state index contributed by atoms with van der Waals surface area (Å²) in [5.74, 6) is -1.17. The quantitative estimate of drug-likeness (QED) is 0.456. The molecule has 2 heterocycles. The Bertz CT molecular complexity index is 556. The largest absolute Gasteiger partial charge is 0.394 e. The molecule has 1 fully saturated rings. The zero-order chi connectivity index (χ0) is 13.4. The summed E-state index contributed by atoms with van der Waals surface area (Å²) in [5.41, 5.74) is 3.56. The number of aliphatic hydroxyl groups is 2. The monoisotopic (exact) mass is 261 g/mol. The van der Waals surface area contributed by atoms with Gasteiger partial charge in [0.25, 0.3) is 5.56 Å². The minimum Gasteiger partial charge on any atom is -0.394 e. The summed E-state index contributed by atoms with van der Waals surface area (Å²) in [5, 5.41) is 18.5. The molecule has 0 amide bonds. The number of nitrogens with zero attached hydrogens (tertiary/aromatic N) is 1. The maximum Gasteiger partial charge on any atom is 0.330 e. The average molecular weight is 261 g/mol. The molecule has 0 unspecified atom stereocenters. The van der Waals surface area contributed by atoms with Gasteiger partial charge in [0.05, 0.1) is 18.8 Å². The van der Waals surface area contributed by atoms with Gasteiger partial charge >= 0.3 is 5.69 Å². The highest BCUT2D eigenvalue weighted by Gasteiger charge is 2.42. The molecule has 8 nitrogen and oxygen atoms in total. The summed E-state index contributed by atoms with van der Waals surface area (Å²) >= 11 is 0. The first-order chi connectivity index (χ1) is 8.45. The molecule has 5 N–H and O–H groups in total. The van der Waals surface area contributed by atoms with E-state index >= 15 is 0 Å². The van der Waals surface area contributed by atoms with Crippen molar-refractivity contribution in [3.8, 4) is 0 Å². The summed E-state index contributed by atoms with van der Waals surface area (Å²) in [6.07, 6.45) is -2.66. The van der Waals surface area contributed by atoms with Gasteiger partial charge < -0.3 is 20.7 Å². The molecule has 0 bridgehead atoms. The number of nitrogens with two attached hydrogens (primary N) is 1. The van der Waals surface area contributed by atoms with Crippen molar-refractivity contribution < 1.29 is 19.3 Å². The van der Waals surface area contributed by atoms with E-state index in [0.717, 1.165) is 4.57 Å². The van der Waals surface area contributed by atoms with E-state index in [0.29, 0.717) is 6.20 Å². The minimum atomic E-state index is -1.19. The number of hydrogen-bond donors (Lipinski definition) is 4. The zero-order valence-corrected chi connectivity index (χ0v) is 9.12. The van der Waals surface area contributed by atoms with Crippen molar-refractivity contribution in [1.82, 2.24) is 9.55 Å². The summed E-state index contributed by atoms with van der Waals surface area (Å²) in [6, 6.07) is -1.02. The number of aliphatic hydroxyl groups excluding tert-OH is 2. The van der Waals surface area contributed by atoms with Gasteiger partial charge in [-0.15, -0.1) is 0 Å². The second-order valence-corrected chi connectivity index (χ2v) is 3.96. The van der Waals surface area contributed by atoms with Gasteiger partial charge in [-0.2, -0.15) is 4.39 Å². The molecule has 0 saturated carbocycles. The second kappa shape index (κ2) is 4.61. The smallest absolute Gasteiger partial charge is 0.330 e. The molecule has 4 atom stereocenters. The van der Waals surface area contributed by atoms with Crippen LogP contribution in [0.15, 0.2) is 15.8 Å². The maximum absolute atomic E-state index is 13.1. The number of ether oxygens (including phenoxy) is 1.